The van der Waals surface area contributed by atoms with Crippen molar-refractivity contribution in [3.05, 3.63) is 29.8 Å². The van der Waals surface area contributed by atoms with Gasteiger partial charge >= 0.3 is 0 Å². The molecule has 6 heteroatoms. The van der Waals surface area contributed by atoms with E-state index < -0.39 is 6.10 Å². The number of aliphatic hydroxyl groups excluding tert-OH is 1. The van der Waals surface area contributed by atoms with Gasteiger partial charge in [-0.2, -0.15) is 10.2 Å². The molecule has 2 aromatic rings. The minimum Gasteiger partial charge on any atom is -0.493 e. The van der Waals surface area contributed by atoms with Crippen LogP contribution in [0.5, 0.6) is 5.75 Å². The first-order valence-electron chi connectivity index (χ1n) is 5.94. The third-order valence-electron chi connectivity index (χ3n) is 2.77. The Kier molecular flexibility index (Phi) is 3.66. The molecular formula is C12H18N4O2. The summed E-state index contributed by atoms with van der Waals surface area (Å²) >= 11 is 0. The van der Waals surface area contributed by atoms with E-state index >= 15 is 0 Å². The van der Waals surface area contributed by atoms with E-state index in [0.29, 0.717) is 17.1 Å². The number of methoxy groups -OCH3 is 1. The highest BCUT2D eigenvalue weighted by atomic mass is 16.5. The number of ether oxygens (including phenoxy) is 1. The van der Waals surface area contributed by atoms with Crippen LogP contribution in [-0.2, 0) is 13.6 Å². The van der Waals surface area contributed by atoms with E-state index in [9.17, 15) is 5.11 Å². The largest absolute Gasteiger partial charge is 0.493 e. The minimum absolute atomic E-state index is 0.585. The summed E-state index contributed by atoms with van der Waals surface area (Å²) < 4.78 is 8.66. The Bertz CT molecular complexity index is 518. The summed E-state index contributed by atoms with van der Waals surface area (Å²) in [6, 6.07) is 1.79. The molecule has 18 heavy (non-hydrogen) atoms. The molecular weight excluding hydrogens is 232 g/mol. The van der Waals surface area contributed by atoms with E-state index in [4.69, 9.17) is 4.74 Å². The highest BCUT2D eigenvalue weighted by Crippen LogP contribution is 2.29. The van der Waals surface area contributed by atoms with Crippen LogP contribution in [0.4, 0.5) is 0 Å². The van der Waals surface area contributed by atoms with Gasteiger partial charge in [0.15, 0.2) is 5.75 Å². The van der Waals surface area contributed by atoms with Crippen LogP contribution < -0.4 is 4.74 Å². The van der Waals surface area contributed by atoms with Crippen molar-refractivity contribution in [2.24, 2.45) is 7.05 Å². The first-order valence-corrected chi connectivity index (χ1v) is 5.94. The third-order valence-corrected chi connectivity index (χ3v) is 2.77. The maximum absolute atomic E-state index is 10.4. The molecule has 0 fully saturated rings. The Hall–Kier alpha value is -1.82. The average Bonchev–Trinajstić information content (AvgIpc) is 2.95. The number of aryl methyl sites for hydroxylation is 2. The fraction of sp³-hybridized carbons (Fsp3) is 0.500. The molecule has 0 saturated heterocycles. The van der Waals surface area contributed by atoms with E-state index in [1.54, 1.807) is 34.9 Å². The fourth-order valence-electron chi connectivity index (χ4n) is 1.92. The summed E-state index contributed by atoms with van der Waals surface area (Å²) in [4.78, 5) is 0. The Morgan fingerprint density at radius 3 is 2.83 bits per heavy atom. The summed E-state index contributed by atoms with van der Waals surface area (Å²) in [6.45, 7) is 2.80. The minimum atomic E-state index is -0.824. The van der Waals surface area contributed by atoms with Gasteiger partial charge in [-0.25, -0.2) is 0 Å². The summed E-state index contributed by atoms with van der Waals surface area (Å²) in [7, 11) is 3.39. The molecule has 0 aliphatic heterocycles. The number of aromatic nitrogens is 4. The first kappa shape index (κ1) is 12.6. The van der Waals surface area contributed by atoms with Crippen LogP contribution in [0.3, 0.4) is 0 Å². The zero-order chi connectivity index (χ0) is 13.1. The van der Waals surface area contributed by atoms with Crippen LogP contribution in [0.15, 0.2) is 18.5 Å². The van der Waals surface area contributed by atoms with Crippen molar-refractivity contribution in [3.63, 3.8) is 0 Å². The zero-order valence-corrected chi connectivity index (χ0v) is 10.9. The van der Waals surface area contributed by atoms with Crippen LogP contribution in [0.25, 0.3) is 0 Å². The predicted octanol–water partition coefficient (Wildman–Crippen LogP) is 1.12. The maximum atomic E-state index is 10.4. The molecule has 2 heterocycles. The van der Waals surface area contributed by atoms with Crippen LogP contribution in [0.2, 0.25) is 0 Å². The van der Waals surface area contributed by atoms with Gasteiger partial charge in [-0.05, 0) is 12.5 Å². The van der Waals surface area contributed by atoms with E-state index in [2.05, 4.69) is 17.1 Å². The third kappa shape index (κ3) is 2.24. The molecule has 0 saturated carbocycles. The van der Waals surface area contributed by atoms with Crippen LogP contribution in [-0.4, -0.2) is 31.8 Å². The van der Waals surface area contributed by atoms with Crippen molar-refractivity contribution < 1.29 is 9.84 Å². The van der Waals surface area contributed by atoms with Gasteiger partial charge in [-0.3, -0.25) is 9.36 Å². The molecule has 1 unspecified atom stereocenters. The molecule has 2 rings (SSSR count). The van der Waals surface area contributed by atoms with Crippen LogP contribution in [0.1, 0.15) is 30.8 Å². The number of hydrogen-bond acceptors (Lipinski definition) is 4. The monoisotopic (exact) mass is 250 g/mol. The summed E-state index contributed by atoms with van der Waals surface area (Å²) in [6.07, 6.45) is 3.53. The maximum Gasteiger partial charge on any atom is 0.163 e. The second-order valence-corrected chi connectivity index (χ2v) is 4.14. The van der Waals surface area contributed by atoms with Crippen molar-refractivity contribution in [2.45, 2.75) is 26.0 Å². The topological polar surface area (TPSA) is 65.1 Å². The van der Waals surface area contributed by atoms with E-state index in [1.807, 2.05) is 7.05 Å². The Morgan fingerprint density at radius 1 is 1.50 bits per heavy atom. The van der Waals surface area contributed by atoms with Gasteiger partial charge < -0.3 is 9.84 Å². The molecule has 0 radical (unpaired) electrons. The molecule has 6 nitrogen and oxygen atoms in total. The smallest absolute Gasteiger partial charge is 0.163 e. The lowest BCUT2D eigenvalue weighted by molar-refractivity contribution is 0.196. The lowest BCUT2D eigenvalue weighted by Gasteiger charge is -2.12. The lowest BCUT2D eigenvalue weighted by atomic mass is 10.2. The second-order valence-electron chi connectivity index (χ2n) is 4.14. The van der Waals surface area contributed by atoms with Crippen LogP contribution >= 0.6 is 0 Å². The molecule has 0 spiro atoms. The van der Waals surface area contributed by atoms with Gasteiger partial charge in [0.05, 0.1) is 19.0 Å². The lowest BCUT2D eigenvalue weighted by Crippen LogP contribution is -2.12. The van der Waals surface area contributed by atoms with Gasteiger partial charge in [0.2, 0.25) is 0 Å². The van der Waals surface area contributed by atoms with Gasteiger partial charge in [0.1, 0.15) is 11.8 Å². The Balaban J connectivity index is 2.38. The standard InChI is InChI=1S/C12H18N4O2/c1-4-6-16-11(10(18-3)8-13-16)12(17)9-5-7-15(2)14-9/h5,7-8,12,17H,4,6H2,1-3H3. The first-order chi connectivity index (χ1) is 8.67. The number of hydrogen-bond donors (Lipinski definition) is 1. The molecule has 0 amide bonds. The molecule has 0 aromatic carbocycles. The molecule has 0 aliphatic carbocycles. The van der Waals surface area contributed by atoms with E-state index in [0.717, 1.165) is 13.0 Å². The Morgan fingerprint density at radius 2 is 2.28 bits per heavy atom. The number of nitrogens with zero attached hydrogens (tertiary/aromatic N) is 4. The molecule has 2 aromatic heterocycles. The van der Waals surface area contributed by atoms with Gasteiger partial charge in [-0.1, -0.05) is 6.92 Å². The summed E-state index contributed by atoms with van der Waals surface area (Å²) in [5.74, 6) is 0.585. The summed E-state index contributed by atoms with van der Waals surface area (Å²) in [5.41, 5.74) is 1.24. The quantitative estimate of drug-likeness (QED) is 0.863. The number of rotatable bonds is 5. The fourth-order valence-corrected chi connectivity index (χ4v) is 1.92. The molecule has 0 aliphatic rings. The highest BCUT2D eigenvalue weighted by molar-refractivity contribution is 5.32. The van der Waals surface area contributed by atoms with Gasteiger partial charge in [0.25, 0.3) is 0 Å². The van der Waals surface area contributed by atoms with Crippen molar-refractivity contribution >= 4 is 0 Å². The average molecular weight is 250 g/mol. The molecule has 0 bridgehead atoms. The normalized spacial score (nSPS) is 12.7. The predicted molar refractivity (Wildman–Crippen MR) is 66.3 cm³/mol. The second kappa shape index (κ2) is 5.22. The molecule has 1 atom stereocenters. The Labute approximate surface area is 106 Å². The van der Waals surface area contributed by atoms with E-state index in [-0.39, 0.29) is 0 Å². The van der Waals surface area contributed by atoms with Crippen molar-refractivity contribution in [1.29, 1.82) is 0 Å². The zero-order valence-electron chi connectivity index (χ0n) is 10.9. The van der Waals surface area contributed by atoms with E-state index in [1.165, 1.54) is 0 Å². The van der Waals surface area contributed by atoms with Gasteiger partial charge in [-0.15, -0.1) is 0 Å². The molecule has 1 N–H and O–H groups in total. The summed E-state index contributed by atoms with van der Waals surface area (Å²) in [5, 5.41) is 18.8. The van der Waals surface area contributed by atoms with Crippen molar-refractivity contribution in [3.8, 4) is 5.75 Å². The SMILES string of the molecule is CCCn1ncc(OC)c1C(O)c1ccn(C)n1. The van der Waals surface area contributed by atoms with Gasteiger partial charge in [0, 0.05) is 19.8 Å². The number of aliphatic hydroxyl groups is 1. The van der Waals surface area contributed by atoms with Crippen molar-refractivity contribution in [1.82, 2.24) is 19.6 Å². The highest BCUT2D eigenvalue weighted by Gasteiger charge is 2.23. The van der Waals surface area contributed by atoms with Crippen molar-refractivity contribution in [2.75, 3.05) is 7.11 Å². The van der Waals surface area contributed by atoms with Crippen LogP contribution in [0, 0.1) is 0 Å². The molecule has 98 valence electrons.